The third-order valence-corrected chi connectivity index (χ3v) is 9.31. The van der Waals surface area contributed by atoms with Crippen molar-refractivity contribution in [1.82, 2.24) is 19.1 Å². The second kappa shape index (κ2) is 9.25. The van der Waals surface area contributed by atoms with Crippen molar-refractivity contribution in [2.24, 2.45) is 0 Å². The summed E-state index contributed by atoms with van der Waals surface area (Å²) >= 11 is 7.37. The Morgan fingerprint density at radius 2 is 1.86 bits per heavy atom. The number of likely N-dealkylation sites (tertiary alicyclic amines) is 1. The molecule has 1 atom stereocenters. The maximum Gasteiger partial charge on any atom is 0.243 e. The highest BCUT2D eigenvalue weighted by Gasteiger charge is 2.39. The fraction of sp³-hybridized carbons (Fsp3) is 0.333. The molecule has 0 saturated carbocycles. The predicted octanol–water partition coefficient (Wildman–Crippen LogP) is 3.58. The maximum atomic E-state index is 13.6. The van der Waals surface area contributed by atoms with Crippen molar-refractivity contribution in [2.75, 3.05) is 46.8 Å². The van der Waals surface area contributed by atoms with Crippen LogP contribution < -0.4 is 0 Å². The van der Waals surface area contributed by atoms with Crippen LogP contribution in [0.2, 0.25) is 5.02 Å². The van der Waals surface area contributed by atoms with Crippen LogP contribution in [0.5, 0.6) is 0 Å². The van der Waals surface area contributed by atoms with Gasteiger partial charge in [0.2, 0.25) is 15.9 Å². The molecule has 2 fully saturated rings. The third kappa shape index (κ3) is 4.61. The fourth-order valence-corrected chi connectivity index (χ4v) is 6.79. The second-order valence-electron chi connectivity index (χ2n) is 9.14. The predicted molar refractivity (Wildman–Crippen MR) is 135 cm³/mol. The fourth-order valence-electron chi connectivity index (χ4n) is 4.35. The molecule has 3 aromatic rings. The van der Waals surface area contributed by atoms with Gasteiger partial charge in [0.05, 0.1) is 31.6 Å². The van der Waals surface area contributed by atoms with Crippen molar-refractivity contribution in [3.05, 3.63) is 69.5 Å². The molecule has 0 radical (unpaired) electrons. The SMILES string of the molecule is CN(C)CC(C(=O)N1CC(=C2CN(S(=O)(=O)c3ccc4ncsc4c3)C2)C1)c1ccc(F)c(Cl)c1. The highest BCUT2D eigenvalue weighted by Crippen LogP contribution is 2.33. The minimum Gasteiger partial charge on any atom is -0.334 e. The van der Waals surface area contributed by atoms with Gasteiger partial charge in [0.1, 0.15) is 5.82 Å². The summed E-state index contributed by atoms with van der Waals surface area (Å²) in [6, 6.07) is 9.40. The summed E-state index contributed by atoms with van der Waals surface area (Å²) in [4.78, 5) is 21.4. The van der Waals surface area contributed by atoms with Crippen LogP contribution in [-0.2, 0) is 14.8 Å². The Hall–Kier alpha value is -2.37. The van der Waals surface area contributed by atoms with Crippen LogP contribution in [0.15, 0.2) is 58.0 Å². The Morgan fingerprint density at radius 3 is 2.54 bits per heavy atom. The minimum absolute atomic E-state index is 0.00395. The third-order valence-electron chi connectivity index (χ3n) is 6.44. The van der Waals surface area contributed by atoms with E-state index in [4.69, 9.17) is 11.6 Å². The Labute approximate surface area is 212 Å². The molecule has 2 aliphatic heterocycles. The number of sulfonamides is 1. The second-order valence-corrected chi connectivity index (χ2v) is 12.4. The number of hydrogen-bond donors (Lipinski definition) is 0. The van der Waals surface area contributed by atoms with Crippen molar-refractivity contribution in [2.45, 2.75) is 10.8 Å². The minimum atomic E-state index is -3.57. The molecule has 7 nitrogen and oxygen atoms in total. The Morgan fingerprint density at radius 1 is 1.14 bits per heavy atom. The normalized spacial score (nSPS) is 17.6. The van der Waals surface area contributed by atoms with E-state index in [2.05, 4.69) is 4.98 Å². The largest absolute Gasteiger partial charge is 0.334 e. The van der Waals surface area contributed by atoms with Gasteiger partial charge in [0, 0.05) is 32.7 Å². The molecule has 5 rings (SSSR count). The molecule has 2 aromatic carbocycles. The number of nitrogens with zero attached hydrogens (tertiary/aromatic N) is 4. The Balaban J connectivity index is 1.25. The maximum absolute atomic E-state index is 13.6. The standard InChI is InChI=1S/C24H24ClFN4O3S2/c1-28(2)13-19(15-3-5-21(26)20(25)7-15)24(31)29-9-16(10-29)17-11-30(12-17)35(32,33)18-4-6-22-23(8-18)34-14-27-22/h3-8,14,19H,9-13H2,1-2H3. The molecule has 2 aliphatic rings. The molecule has 1 aromatic heterocycles. The van der Waals surface area contributed by atoms with Crippen LogP contribution in [0.3, 0.4) is 0 Å². The molecule has 184 valence electrons. The lowest BCUT2D eigenvalue weighted by atomic mass is 9.92. The van der Waals surface area contributed by atoms with E-state index < -0.39 is 21.8 Å². The Bertz CT molecular complexity index is 1440. The zero-order chi connectivity index (χ0) is 24.9. The van der Waals surface area contributed by atoms with E-state index in [-0.39, 0.29) is 15.8 Å². The number of hydrogen-bond acceptors (Lipinski definition) is 6. The lowest BCUT2D eigenvalue weighted by molar-refractivity contribution is -0.134. The number of carbonyl (C=O) groups is 1. The first-order valence-corrected chi connectivity index (χ1v) is 13.7. The van der Waals surface area contributed by atoms with E-state index in [0.717, 1.165) is 21.4 Å². The molecule has 0 spiro atoms. The van der Waals surface area contributed by atoms with Gasteiger partial charge >= 0.3 is 0 Å². The van der Waals surface area contributed by atoms with Gasteiger partial charge in [-0.05, 0) is 61.1 Å². The molecular formula is C24H24ClFN4O3S2. The number of rotatable bonds is 6. The number of carbonyl (C=O) groups excluding carboxylic acids is 1. The van der Waals surface area contributed by atoms with Crippen LogP contribution in [0, 0.1) is 5.82 Å². The smallest absolute Gasteiger partial charge is 0.243 e. The van der Waals surface area contributed by atoms with Crippen LogP contribution in [0.25, 0.3) is 10.2 Å². The van der Waals surface area contributed by atoms with Crippen LogP contribution in [0.4, 0.5) is 4.39 Å². The Kier molecular flexibility index (Phi) is 6.43. The van der Waals surface area contributed by atoms with Gasteiger partial charge in [0.15, 0.2) is 0 Å². The summed E-state index contributed by atoms with van der Waals surface area (Å²) < 4.78 is 41.9. The van der Waals surface area contributed by atoms with E-state index in [9.17, 15) is 17.6 Å². The molecule has 3 heterocycles. The number of fused-ring (bicyclic) bond motifs is 1. The van der Waals surface area contributed by atoms with Gasteiger partial charge < -0.3 is 9.80 Å². The number of benzene rings is 2. The molecule has 11 heteroatoms. The van der Waals surface area contributed by atoms with Gasteiger partial charge in [-0.25, -0.2) is 17.8 Å². The molecule has 0 N–H and O–H groups in total. The van der Waals surface area contributed by atoms with Crippen molar-refractivity contribution < 1.29 is 17.6 Å². The number of amides is 1. The topological polar surface area (TPSA) is 73.8 Å². The lowest BCUT2D eigenvalue weighted by Crippen LogP contribution is -2.52. The van der Waals surface area contributed by atoms with Gasteiger partial charge in [0.25, 0.3) is 0 Å². The average Bonchev–Trinajstić information content (AvgIpc) is 3.22. The van der Waals surface area contributed by atoms with Crippen molar-refractivity contribution in [1.29, 1.82) is 0 Å². The summed E-state index contributed by atoms with van der Waals surface area (Å²) in [5.41, 5.74) is 5.32. The highest BCUT2D eigenvalue weighted by atomic mass is 35.5. The first-order chi connectivity index (χ1) is 16.6. The first kappa shape index (κ1) is 24.3. The van der Waals surface area contributed by atoms with E-state index in [0.29, 0.717) is 38.3 Å². The highest BCUT2D eigenvalue weighted by molar-refractivity contribution is 7.89. The molecule has 1 unspecified atom stereocenters. The molecule has 1 amide bonds. The van der Waals surface area contributed by atoms with E-state index in [1.54, 1.807) is 34.7 Å². The molecule has 0 bridgehead atoms. The number of thiazole rings is 1. The number of likely N-dealkylation sites (N-methyl/N-ethyl adjacent to an activating group) is 1. The molecule has 35 heavy (non-hydrogen) atoms. The van der Waals surface area contributed by atoms with E-state index in [1.165, 1.54) is 27.8 Å². The molecule has 2 saturated heterocycles. The quantitative estimate of drug-likeness (QED) is 0.452. The summed E-state index contributed by atoms with van der Waals surface area (Å²) in [6.45, 7) is 2.12. The van der Waals surface area contributed by atoms with E-state index >= 15 is 0 Å². The summed E-state index contributed by atoms with van der Waals surface area (Å²) in [6.07, 6.45) is 0. The van der Waals surface area contributed by atoms with Gasteiger partial charge in [-0.2, -0.15) is 4.31 Å². The molecular weight excluding hydrogens is 511 g/mol. The zero-order valence-corrected chi connectivity index (χ0v) is 21.6. The number of halogens is 2. The number of aromatic nitrogens is 1. The monoisotopic (exact) mass is 534 g/mol. The van der Waals surface area contributed by atoms with Crippen LogP contribution >= 0.6 is 22.9 Å². The molecule has 0 aliphatic carbocycles. The zero-order valence-electron chi connectivity index (χ0n) is 19.2. The van der Waals surface area contributed by atoms with Crippen molar-refractivity contribution in [3.8, 4) is 0 Å². The summed E-state index contributed by atoms with van der Waals surface area (Å²) in [5, 5.41) is -0.00395. The summed E-state index contributed by atoms with van der Waals surface area (Å²) in [5.74, 6) is -1.03. The average molecular weight is 535 g/mol. The van der Waals surface area contributed by atoms with E-state index in [1.807, 2.05) is 19.0 Å². The summed E-state index contributed by atoms with van der Waals surface area (Å²) in [7, 11) is 0.186. The van der Waals surface area contributed by atoms with Crippen molar-refractivity contribution >= 4 is 49.1 Å². The first-order valence-electron chi connectivity index (χ1n) is 11.0. The lowest BCUT2D eigenvalue weighted by Gasteiger charge is -2.43. The van der Waals surface area contributed by atoms with Gasteiger partial charge in [-0.3, -0.25) is 4.79 Å². The van der Waals surface area contributed by atoms with Crippen molar-refractivity contribution in [3.63, 3.8) is 0 Å². The van der Waals surface area contributed by atoms with Gasteiger partial charge in [-0.15, -0.1) is 11.3 Å². The van der Waals surface area contributed by atoms with Crippen LogP contribution in [0.1, 0.15) is 11.5 Å². The van der Waals surface area contributed by atoms with Gasteiger partial charge in [-0.1, -0.05) is 17.7 Å². The van der Waals surface area contributed by atoms with Crippen LogP contribution in [-0.4, -0.2) is 80.2 Å².